The second-order valence-electron chi connectivity index (χ2n) is 23.5. The molecule has 11 rings (SSSR count). The van der Waals surface area contributed by atoms with E-state index in [0.717, 1.165) is 70.2 Å². The number of esters is 1. The minimum absolute atomic E-state index is 0.0161. The number of likely N-dealkylation sites (tertiary alicyclic amines) is 2. The molecule has 6 fully saturated rings. The van der Waals surface area contributed by atoms with Crippen molar-refractivity contribution in [2.45, 2.75) is 148 Å². The standard InChI is InChI=1S/C58H74N8O8/c1-7-64-46-19-18-38-30-42(46)43(50(64)41-14-10-22-59-47(41)34(2)73-6)31-57(3,4)33-74-55(71)44-15-11-23-66(61-44)53(69)45(28-35-26-39(38)29-40(67)27-35)60-52(68)49(36-12-8-9-13-36)65-25-21-58(56(65)72)20-24-63(32-58)54(70)51-48(62(51)5)37-16-17-37/h10,14,18-19,22,26-27,29-30,34,36-37,44-45,48-49,51,61,67H,7-9,11-13,15-17,20-21,23-25,28,31-33H2,1-6H3,(H,60,68)/t34-,44-,45?,48+,49-,51-,58-,62?/m0/s1. The van der Waals surface area contributed by atoms with Gasteiger partial charge in [-0.2, -0.15) is 0 Å². The number of rotatable bonds is 10. The van der Waals surface area contributed by atoms with Crippen LogP contribution in [0.15, 0.2) is 54.7 Å². The molecular weight excluding hydrogens is 937 g/mol. The lowest BCUT2D eigenvalue weighted by atomic mass is 9.84. The average Bonchev–Trinajstić information content (AvgIpc) is 4.10. The first-order chi connectivity index (χ1) is 35.6. The molecule has 6 bridgehead atoms. The van der Waals surface area contributed by atoms with E-state index in [9.17, 15) is 19.5 Å². The Morgan fingerprint density at radius 1 is 0.973 bits per heavy atom. The SMILES string of the molecule is CCn1c(-c2cccnc2[C@H](C)OC)c2c3cc(ccc31)-c1cc(O)cc(c1)CC(NC(=O)[C@H](C1CCCC1)N1CC[C@]3(CCN(C(=O)[C@@H]4[C@@H](C5CC5)N4C)C3)C1=O)C(=O)N1CCC[C@H](N1)C(=O)OCC(C)(C)C2. The fraction of sp³-hybridized carbons (Fsp3) is 0.586. The summed E-state index contributed by atoms with van der Waals surface area (Å²) in [5.74, 6) is -0.717. The third-order valence-corrected chi connectivity index (χ3v) is 17.8. The van der Waals surface area contributed by atoms with Crippen LogP contribution in [-0.4, -0.2) is 141 Å². The molecule has 0 radical (unpaired) electrons. The van der Waals surface area contributed by atoms with Crippen molar-refractivity contribution >= 4 is 40.5 Å². The fourth-order valence-corrected chi connectivity index (χ4v) is 13.7. The number of benzene rings is 2. The van der Waals surface area contributed by atoms with Crippen molar-refractivity contribution in [2.24, 2.45) is 22.7 Å². The summed E-state index contributed by atoms with van der Waals surface area (Å²) in [5.41, 5.74) is 9.03. The summed E-state index contributed by atoms with van der Waals surface area (Å²) in [6.07, 6.45) is 9.99. The first kappa shape index (κ1) is 50.3. The Morgan fingerprint density at radius 2 is 1.76 bits per heavy atom. The van der Waals surface area contributed by atoms with Crippen LogP contribution in [0.2, 0.25) is 0 Å². The number of ether oxygens (including phenoxy) is 2. The van der Waals surface area contributed by atoms with Gasteiger partial charge < -0.3 is 34.3 Å². The second-order valence-corrected chi connectivity index (χ2v) is 23.5. The number of pyridine rings is 1. The third kappa shape index (κ3) is 9.26. The number of hydrogen-bond donors (Lipinski definition) is 3. The summed E-state index contributed by atoms with van der Waals surface area (Å²) in [6.45, 7) is 10.7. The molecule has 4 saturated heterocycles. The first-order valence-corrected chi connectivity index (χ1v) is 27.4. The molecule has 2 saturated carbocycles. The van der Waals surface area contributed by atoms with Gasteiger partial charge in [0, 0.05) is 80.4 Å². The van der Waals surface area contributed by atoms with Gasteiger partial charge in [-0.1, -0.05) is 38.8 Å². The van der Waals surface area contributed by atoms with Crippen LogP contribution in [0.25, 0.3) is 33.3 Å². The lowest BCUT2D eigenvalue weighted by molar-refractivity contribution is -0.155. The number of amides is 4. The molecule has 74 heavy (non-hydrogen) atoms. The number of nitrogens with zero attached hydrogens (tertiary/aromatic N) is 6. The molecule has 4 aromatic rings. The van der Waals surface area contributed by atoms with E-state index in [1.165, 1.54) is 17.9 Å². The Balaban J connectivity index is 0.939. The van der Waals surface area contributed by atoms with Crippen molar-refractivity contribution in [3.05, 3.63) is 71.5 Å². The van der Waals surface area contributed by atoms with Crippen LogP contribution in [0.4, 0.5) is 0 Å². The lowest BCUT2D eigenvalue weighted by Crippen LogP contribution is -2.62. The Bertz CT molecular complexity index is 2870. The Hall–Kier alpha value is -5.84. The molecule has 2 unspecified atom stereocenters. The van der Waals surface area contributed by atoms with E-state index >= 15 is 9.59 Å². The van der Waals surface area contributed by atoms with Crippen molar-refractivity contribution in [1.82, 2.24) is 40.0 Å². The maximum Gasteiger partial charge on any atom is 0.324 e. The number of aromatic nitrogens is 2. The third-order valence-electron chi connectivity index (χ3n) is 17.8. The van der Waals surface area contributed by atoms with Crippen LogP contribution in [0.3, 0.4) is 0 Å². The van der Waals surface area contributed by atoms with E-state index in [-0.39, 0.29) is 54.6 Å². The predicted octanol–water partition coefficient (Wildman–Crippen LogP) is 6.55. The average molecular weight is 1010 g/mol. The molecule has 2 aliphatic carbocycles. The number of phenolic OH excluding ortho intramolecular Hbond substituents is 1. The van der Waals surface area contributed by atoms with Crippen LogP contribution < -0.4 is 10.7 Å². The van der Waals surface area contributed by atoms with Gasteiger partial charge in [0.2, 0.25) is 17.7 Å². The molecule has 4 amide bonds. The van der Waals surface area contributed by atoms with E-state index in [0.29, 0.717) is 82.4 Å². The molecule has 16 nitrogen and oxygen atoms in total. The molecule has 16 heteroatoms. The van der Waals surface area contributed by atoms with Gasteiger partial charge in [-0.05, 0) is 149 Å². The summed E-state index contributed by atoms with van der Waals surface area (Å²) >= 11 is 0. The number of cyclic esters (lactones) is 1. The summed E-state index contributed by atoms with van der Waals surface area (Å²) < 4.78 is 14.3. The minimum atomic E-state index is -1.12. The number of nitrogens with one attached hydrogen (secondary N) is 2. The first-order valence-electron chi connectivity index (χ1n) is 27.4. The Morgan fingerprint density at radius 3 is 2.51 bits per heavy atom. The van der Waals surface area contributed by atoms with Gasteiger partial charge in [-0.15, -0.1) is 0 Å². The summed E-state index contributed by atoms with van der Waals surface area (Å²) in [4.78, 5) is 83.8. The quantitative estimate of drug-likeness (QED) is 0.116. The molecule has 8 atom stereocenters. The fourth-order valence-electron chi connectivity index (χ4n) is 13.7. The van der Waals surface area contributed by atoms with Gasteiger partial charge in [0.1, 0.15) is 29.9 Å². The molecule has 1 spiro atoms. The highest BCUT2D eigenvalue weighted by Gasteiger charge is 2.61. The monoisotopic (exact) mass is 1010 g/mol. The van der Waals surface area contributed by atoms with Gasteiger partial charge in [0.15, 0.2) is 0 Å². The van der Waals surface area contributed by atoms with Crippen LogP contribution in [0.1, 0.15) is 115 Å². The number of carbonyl (C=O) groups excluding carboxylic acids is 5. The zero-order valence-electron chi connectivity index (χ0n) is 44.0. The predicted molar refractivity (Wildman–Crippen MR) is 279 cm³/mol. The smallest absolute Gasteiger partial charge is 0.324 e. The molecular formula is C58H74N8O8. The maximum absolute atomic E-state index is 15.2. The van der Waals surface area contributed by atoms with E-state index in [1.54, 1.807) is 30.3 Å². The van der Waals surface area contributed by atoms with E-state index in [1.807, 2.05) is 31.0 Å². The molecule has 7 heterocycles. The summed E-state index contributed by atoms with van der Waals surface area (Å²) in [5, 5.41) is 17.2. The van der Waals surface area contributed by atoms with Gasteiger partial charge in [0.25, 0.3) is 5.91 Å². The summed E-state index contributed by atoms with van der Waals surface area (Å²) in [7, 11) is 3.71. The maximum atomic E-state index is 15.2. The van der Waals surface area contributed by atoms with Gasteiger partial charge in [0.05, 0.1) is 29.5 Å². The number of aromatic hydroxyl groups is 1. The molecule has 2 aromatic heterocycles. The molecule has 3 N–H and O–H groups in total. The minimum Gasteiger partial charge on any atom is -0.508 e. The van der Waals surface area contributed by atoms with Crippen molar-refractivity contribution in [3.63, 3.8) is 0 Å². The lowest BCUT2D eigenvalue weighted by Gasteiger charge is -2.37. The van der Waals surface area contributed by atoms with Crippen molar-refractivity contribution in [1.29, 1.82) is 0 Å². The zero-order valence-corrected chi connectivity index (χ0v) is 44.0. The van der Waals surface area contributed by atoms with Crippen molar-refractivity contribution in [3.8, 4) is 28.1 Å². The molecule has 7 aliphatic rings. The Kier molecular flexibility index (Phi) is 13.4. The number of hydrazine groups is 1. The van der Waals surface area contributed by atoms with E-state index in [4.69, 9.17) is 14.5 Å². The number of fused-ring (bicyclic) bond motifs is 6. The van der Waals surface area contributed by atoms with Gasteiger partial charge >= 0.3 is 5.97 Å². The molecule has 394 valence electrons. The van der Waals surface area contributed by atoms with Gasteiger partial charge in [-0.3, -0.25) is 38.9 Å². The largest absolute Gasteiger partial charge is 0.508 e. The highest BCUT2D eigenvalue weighted by Crippen LogP contribution is 2.49. The number of hydrogen-bond acceptors (Lipinski definition) is 11. The van der Waals surface area contributed by atoms with Crippen LogP contribution in [-0.2, 0) is 52.8 Å². The number of likely N-dealkylation sites (N-methyl/N-ethyl adjacent to an activating group) is 1. The van der Waals surface area contributed by atoms with Crippen LogP contribution in [0, 0.1) is 22.7 Å². The van der Waals surface area contributed by atoms with Crippen molar-refractivity contribution < 1.29 is 38.6 Å². The normalized spacial score (nSPS) is 28.2. The topological polar surface area (TPSA) is 179 Å². The van der Waals surface area contributed by atoms with E-state index in [2.05, 4.69) is 65.2 Å². The van der Waals surface area contributed by atoms with Crippen LogP contribution >= 0.6 is 0 Å². The zero-order chi connectivity index (χ0) is 51.8. The number of methoxy groups -OCH3 is 1. The highest BCUT2D eigenvalue weighted by molar-refractivity contribution is 5.97. The second kappa shape index (κ2) is 19.7. The van der Waals surface area contributed by atoms with E-state index < -0.39 is 40.8 Å². The molecule has 2 aromatic carbocycles. The van der Waals surface area contributed by atoms with Crippen LogP contribution in [0.5, 0.6) is 5.75 Å². The number of carbonyl (C=O) groups is 5. The number of aryl methyl sites for hydroxylation is 1. The van der Waals surface area contributed by atoms with Gasteiger partial charge in [-0.25, -0.2) is 5.43 Å². The van der Waals surface area contributed by atoms with Crippen molar-refractivity contribution in [2.75, 3.05) is 46.9 Å². The Labute approximate surface area is 434 Å². The summed E-state index contributed by atoms with van der Waals surface area (Å²) in [6, 6.07) is 13.2. The highest BCUT2D eigenvalue weighted by atomic mass is 16.5. The molecule has 5 aliphatic heterocycles. The number of phenols is 1.